The molecule has 0 fully saturated rings. The first-order chi connectivity index (χ1) is 8.91. The summed E-state index contributed by atoms with van der Waals surface area (Å²) in [6.07, 6.45) is 2.28. The summed E-state index contributed by atoms with van der Waals surface area (Å²) < 4.78 is 26.7. The molecule has 0 saturated carbocycles. The molecule has 0 radical (unpaired) electrons. The van der Waals surface area contributed by atoms with Crippen LogP contribution in [0.1, 0.15) is 33.1 Å². The fourth-order valence-corrected chi connectivity index (χ4v) is 1.74. The molecule has 19 heavy (non-hydrogen) atoms. The Hall–Kier alpha value is -1.49. The van der Waals surface area contributed by atoms with Crippen molar-refractivity contribution in [2.75, 3.05) is 5.32 Å². The second-order valence-corrected chi connectivity index (χ2v) is 4.90. The Morgan fingerprint density at radius 3 is 2.37 bits per heavy atom. The van der Waals surface area contributed by atoms with Crippen LogP contribution in [0.3, 0.4) is 0 Å². The number of para-hydroxylation sites is 1. The Balaban J connectivity index is 2.54. The number of nitrogens with two attached hydrogens (primary N) is 1. The molecule has 3 N–H and O–H groups in total. The molecule has 0 saturated heterocycles. The van der Waals surface area contributed by atoms with Crippen molar-refractivity contribution >= 4 is 11.6 Å². The van der Waals surface area contributed by atoms with Crippen LogP contribution in [-0.4, -0.2) is 11.9 Å². The summed E-state index contributed by atoms with van der Waals surface area (Å²) in [5, 5.41) is 2.30. The average molecular weight is 270 g/mol. The summed E-state index contributed by atoms with van der Waals surface area (Å²) in [6.45, 7) is 3.63. The molecule has 0 spiro atoms. The zero-order valence-corrected chi connectivity index (χ0v) is 11.2. The summed E-state index contributed by atoms with van der Waals surface area (Å²) in [6, 6.07) is 3.57. The highest BCUT2D eigenvalue weighted by molar-refractivity contribution is 5.92. The molecule has 1 amide bonds. The van der Waals surface area contributed by atoms with Crippen molar-refractivity contribution in [1.82, 2.24) is 0 Å². The molecular formula is C14H20F2N2O. The van der Waals surface area contributed by atoms with Crippen LogP contribution in [0.25, 0.3) is 0 Å². The number of hydrogen-bond acceptors (Lipinski definition) is 2. The lowest BCUT2D eigenvalue weighted by Crippen LogP contribution is -2.22. The van der Waals surface area contributed by atoms with Crippen LogP contribution >= 0.6 is 0 Å². The van der Waals surface area contributed by atoms with Crippen LogP contribution in [0.15, 0.2) is 18.2 Å². The Labute approximate surface area is 112 Å². The zero-order valence-electron chi connectivity index (χ0n) is 11.2. The van der Waals surface area contributed by atoms with Gasteiger partial charge in [0.05, 0.1) is 0 Å². The van der Waals surface area contributed by atoms with Gasteiger partial charge in [-0.2, -0.15) is 0 Å². The van der Waals surface area contributed by atoms with Crippen molar-refractivity contribution in [3.63, 3.8) is 0 Å². The minimum Gasteiger partial charge on any atom is -0.328 e. The summed E-state index contributed by atoms with van der Waals surface area (Å²) in [5.74, 6) is -2.22. The highest BCUT2D eigenvalue weighted by Crippen LogP contribution is 2.20. The molecule has 0 heterocycles. The molecule has 5 heteroatoms. The highest BCUT2D eigenvalue weighted by Gasteiger charge is 2.17. The molecule has 1 aromatic carbocycles. The number of carbonyl (C=O) groups is 1. The molecule has 0 aliphatic rings. The first kappa shape index (κ1) is 15.6. The lowest BCUT2D eigenvalue weighted by molar-refractivity contribution is -0.119. The van der Waals surface area contributed by atoms with Gasteiger partial charge in [-0.15, -0.1) is 0 Å². The Kier molecular flexibility index (Phi) is 5.89. The van der Waals surface area contributed by atoms with Crippen LogP contribution in [0.5, 0.6) is 0 Å². The molecule has 0 aliphatic carbocycles. The van der Waals surface area contributed by atoms with Crippen LogP contribution in [0, 0.1) is 17.6 Å². The minimum absolute atomic E-state index is 0.0965. The van der Waals surface area contributed by atoms with E-state index in [4.69, 9.17) is 5.73 Å². The number of anilines is 1. The standard InChI is InChI=1S/C14H20F2N2O/c1-9(5-3-6-10(2)17)14(19)18-13-11(15)7-4-8-12(13)16/h4,7-10H,3,5-6,17H2,1-2H3,(H,18,19). The molecular weight excluding hydrogens is 250 g/mol. The zero-order chi connectivity index (χ0) is 14.4. The van der Waals surface area contributed by atoms with Crippen molar-refractivity contribution in [3.05, 3.63) is 29.8 Å². The molecule has 0 bridgehead atoms. The van der Waals surface area contributed by atoms with E-state index >= 15 is 0 Å². The number of halogens is 2. The maximum atomic E-state index is 13.4. The van der Waals surface area contributed by atoms with Crippen LogP contribution in [0.2, 0.25) is 0 Å². The fraction of sp³-hybridized carbons (Fsp3) is 0.500. The third kappa shape index (κ3) is 4.95. The molecule has 2 unspecified atom stereocenters. The number of nitrogens with one attached hydrogen (secondary N) is 1. The van der Waals surface area contributed by atoms with Gasteiger partial charge in [0.25, 0.3) is 0 Å². The lowest BCUT2D eigenvalue weighted by atomic mass is 10.0. The topological polar surface area (TPSA) is 55.1 Å². The van der Waals surface area contributed by atoms with E-state index in [0.717, 1.165) is 25.0 Å². The van der Waals surface area contributed by atoms with Crippen molar-refractivity contribution in [1.29, 1.82) is 0 Å². The molecule has 0 aliphatic heterocycles. The maximum Gasteiger partial charge on any atom is 0.227 e. The summed E-state index contributed by atoms with van der Waals surface area (Å²) in [7, 11) is 0. The second-order valence-electron chi connectivity index (χ2n) is 4.90. The molecule has 3 nitrogen and oxygen atoms in total. The second kappa shape index (κ2) is 7.19. The van der Waals surface area contributed by atoms with Gasteiger partial charge < -0.3 is 11.1 Å². The molecule has 1 aromatic rings. The maximum absolute atomic E-state index is 13.4. The van der Waals surface area contributed by atoms with Gasteiger partial charge in [0.2, 0.25) is 5.91 Å². The largest absolute Gasteiger partial charge is 0.328 e. The van der Waals surface area contributed by atoms with Gasteiger partial charge in [0.1, 0.15) is 17.3 Å². The fourth-order valence-electron chi connectivity index (χ4n) is 1.74. The number of rotatable bonds is 6. The smallest absolute Gasteiger partial charge is 0.227 e. The lowest BCUT2D eigenvalue weighted by Gasteiger charge is -2.13. The third-order valence-electron chi connectivity index (χ3n) is 2.96. The SMILES string of the molecule is CC(N)CCCC(C)C(=O)Nc1c(F)cccc1F. The number of amides is 1. The van der Waals surface area contributed by atoms with Crippen LogP contribution in [0.4, 0.5) is 14.5 Å². The first-order valence-electron chi connectivity index (χ1n) is 6.42. The van der Waals surface area contributed by atoms with Gasteiger partial charge in [-0.3, -0.25) is 4.79 Å². The van der Waals surface area contributed by atoms with Gasteiger partial charge in [0.15, 0.2) is 0 Å². The van der Waals surface area contributed by atoms with Crippen LogP contribution < -0.4 is 11.1 Å². The van der Waals surface area contributed by atoms with E-state index in [1.165, 1.54) is 6.07 Å². The first-order valence-corrected chi connectivity index (χ1v) is 6.42. The van der Waals surface area contributed by atoms with Crippen molar-refractivity contribution in [2.24, 2.45) is 11.7 Å². The Morgan fingerprint density at radius 2 is 1.84 bits per heavy atom. The molecule has 1 rings (SSSR count). The Bertz CT molecular complexity index is 415. The number of hydrogen-bond donors (Lipinski definition) is 2. The van der Waals surface area contributed by atoms with Gasteiger partial charge in [-0.25, -0.2) is 8.78 Å². The van der Waals surface area contributed by atoms with Crippen LogP contribution in [-0.2, 0) is 4.79 Å². The van der Waals surface area contributed by atoms with E-state index in [-0.39, 0.29) is 23.6 Å². The van der Waals surface area contributed by atoms with Crippen molar-refractivity contribution in [3.8, 4) is 0 Å². The van der Waals surface area contributed by atoms with Gasteiger partial charge in [0, 0.05) is 12.0 Å². The monoisotopic (exact) mass is 270 g/mol. The van der Waals surface area contributed by atoms with Crippen molar-refractivity contribution < 1.29 is 13.6 Å². The van der Waals surface area contributed by atoms with E-state index < -0.39 is 11.6 Å². The van der Waals surface area contributed by atoms with Crippen molar-refractivity contribution in [2.45, 2.75) is 39.2 Å². The summed E-state index contributed by atoms with van der Waals surface area (Å²) in [5.41, 5.74) is 5.24. The molecule has 2 atom stereocenters. The Morgan fingerprint density at radius 1 is 1.26 bits per heavy atom. The summed E-state index contributed by atoms with van der Waals surface area (Å²) >= 11 is 0. The third-order valence-corrected chi connectivity index (χ3v) is 2.96. The average Bonchev–Trinajstić information content (AvgIpc) is 2.33. The highest BCUT2D eigenvalue weighted by atomic mass is 19.1. The number of benzene rings is 1. The predicted octanol–water partition coefficient (Wildman–Crippen LogP) is 3.06. The van der Waals surface area contributed by atoms with Gasteiger partial charge in [-0.1, -0.05) is 19.4 Å². The number of carbonyl (C=O) groups excluding carboxylic acids is 1. The van der Waals surface area contributed by atoms with E-state index in [0.29, 0.717) is 6.42 Å². The van der Waals surface area contributed by atoms with E-state index in [1.807, 2.05) is 6.92 Å². The normalized spacial score (nSPS) is 13.9. The minimum atomic E-state index is -0.767. The van der Waals surface area contributed by atoms with E-state index in [9.17, 15) is 13.6 Å². The van der Waals surface area contributed by atoms with Gasteiger partial charge in [-0.05, 0) is 31.9 Å². The van der Waals surface area contributed by atoms with Gasteiger partial charge >= 0.3 is 0 Å². The van der Waals surface area contributed by atoms with E-state index in [1.54, 1.807) is 6.92 Å². The van der Waals surface area contributed by atoms with E-state index in [2.05, 4.69) is 5.32 Å². The molecule has 106 valence electrons. The summed E-state index contributed by atoms with van der Waals surface area (Å²) in [4.78, 5) is 11.8. The quantitative estimate of drug-likeness (QED) is 0.834. The molecule has 0 aromatic heterocycles. The predicted molar refractivity (Wildman–Crippen MR) is 71.7 cm³/mol.